The molecule has 0 unspecified atom stereocenters. The van der Waals surface area contributed by atoms with Gasteiger partial charge >= 0.3 is 0 Å². The van der Waals surface area contributed by atoms with Gasteiger partial charge in [0.2, 0.25) is 6.29 Å². The van der Waals surface area contributed by atoms with Crippen molar-refractivity contribution in [3.8, 4) is 11.5 Å². The number of fused-ring (bicyclic) bond motifs is 1. The highest BCUT2D eigenvalue weighted by Gasteiger charge is 2.24. The molecule has 0 atom stereocenters. The largest absolute Gasteiger partial charge is 0.451 e. The van der Waals surface area contributed by atoms with Gasteiger partial charge in [-0.15, -0.1) is 0 Å². The van der Waals surface area contributed by atoms with Crippen LogP contribution in [0.2, 0.25) is 0 Å². The first kappa shape index (κ1) is 8.10. The third-order valence-corrected chi connectivity index (χ3v) is 1.82. The molecule has 3 nitrogen and oxygen atoms in total. The number of ether oxygens (including phenoxy) is 2. The third-order valence-electron chi connectivity index (χ3n) is 1.82. The minimum absolute atomic E-state index is 0.0674. The molecule has 0 bridgehead atoms. The van der Waals surface area contributed by atoms with Crippen LogP contribution >= 0.6 is 0 Å². The van der Waals surface area contributed by atoms with E-state index in [1.54, 1.807) is 0 Å². The number of ketones is 1. The van der Waals surface area contributed by atoms with E-state index in [4.69, 9.17) is 9.47 Å². The lowest BCUT2D eigenvalue weighted by molar-refractivity contribution is -0.120. The fourth-order valence-electron chi connectivity index (χ4n) is 1.27. The summed E-state index contributed by atoms with van der Waals surface area (Å²) in [6, 6.07) is 7.40. The van der Waals surface area contributed by atoms with Gasteiger partial charge in [-0.2, -0.15) is 0 Å². The van der Waals surface area contributed by atoms with E-state index in [0.29, 0.717) is 17.9 Å². The monoisotopic (exact) mass is 178 g/mol. The quantitative estimate of drug-likeness (QED) is 0.692. The van der Waals surface area contributed by atoms with Gasteiger partial charge in [0.1, 0.15) is 5.78 Å². The predicted octanol–water partition coefficient (Wildman–Crippen LogP) is 1.76. The van der Waals surface area contributed by atoms with Crippen LogP contribution in [-0.2, 0) is 4.79 Å². The zero-order chi connectivity index (χ0) is 9.26. The summed E-state index contributed by atoms with van der Waals surface area (Å²) < 4.78 is 10.7. The summed E-state index contributed by atoms with van der Waals surface area (Å²) in [6.45, 7) is 1.52. The summed E-state index contributed by atoms with van der Waals surface area (Å²) in [6.07, 6.45) is -0.135. The summed E-state index contributed by atoms with van der Waals surface area (Å²) in [5.74, 6) is 1.50. The van der Waals surface area contributed by atoms with Crippen LogP contribution in [0.5, 0.6) is 11.5 Å². The molecule has 1 aromatic rings. The molecular formula is C10H10O3. The molecular weight excluding hydrogens is 168 g/mol. The highest BCUT2D eigenvalue weighted by Crippen LogP contribution is 2.34. The lowest BCUT2D eigenvalue weighted by Crippen LogP contribution is -2.20. The Morgan fingerprint density at radius 3 is 2.31 bits per heavy atom. The third kappa shape index (κ3) is 1.64. The Bertz CT molecular complexity index is 308. The van der Waals surface area contributed by atoms with Crippen molar-refractivity contribution >= 4 is 5.78 Å². The van der Waals surface area contributed by atoms with E-state index in [1.165, 1.54) is 6.92 Å². The van der Waals surface area contributed by atoms with Gasteiger partial charge in [0.05, 0.1) is 6.42 Å². The summed E-state index contributed by atoms with van der Waals surface area (Å²) in [5, 5.41) is 0. The Hall–Kier alpha value is -1.51. The van der Waals surface area contributed by atoms with Crippen molar-refractivity contribution in [3.05, 3.63) is 24.3 Å². The lowest BCUT2D eigenvalue weighted by Gasteiger charge is -2.06. The normalized spacial score (nSPS) is 14.5. The van der Waals surface area contributed by atoms with E-state index in [2.05, 4.69) is 0 Å². The van der Waals surface area contributed by atoms with Crippen LogP contribution in [0.1, 0.15) is 13.3 Å². The Labute approximate surface area is 76.3 Å². The van der Waals surface area contributed by atoms with E-state index in [-0.39, 0.29) is 5.78 Å². The van der Waals surface area contributed by atoms with Gasteiger partial charge in [0.15, 0.2) is 11.5 Å². The highest BCUT2D eigenvalue weighted by atomic mass is 16.7. The van der Waals surface area contributed by atoms with Gasteiger partial charge in [-0.3, -0.25) is 4.79 Å². The summed E-state index contributed by atoms with van der Waals surface area (Å²) in [4.78, 5) is 10.8. The zero-order valence-electron chi connectivity index (χ0n) is 7.32. The second kappa shape index (κ2) is 3.09. The molecule has 68 valence electrons. The highest BCUT2D eigenvalue weighted by molar-refractivity contribution is 5.76. The van der Waals surface area contributed by atoms with Gasteiger partial charge in [-0.1, -0.05) is 12.1 Å². The molecule has 1 aliphatic rings. The van der Waals surface area contributed by atoms with E-state index in [1.807, 2.05) is 24.3 Å². The molecule has 1 aliphatic heterocycles. The number of carbonyl (C=O) groups excluding carboxylic acids is 1. The van der Waals surface area contributed by atoms with Crippen LogP contribution in [0.25, 0.3) is 0 Å². The number of rotatable bonds is 2. The molecule has 0 spiro atoms. The predicted molar refractivity (Wildman–Crippen MR) is 46.8 cm³/mol. The minimum Gasteiger partial charge on any atom is -0.451 e. The summed E-state index contributed by atoms with van der Waals surface area (Å²) in [7, 11) is 0. The fraction of sp³-hybridized carbons (Fsp3) is 0.300. The van der Waals surface area contributed by atoms with E-state index >= 15 is 0 Å². The average Bonchev–Trinajstić information content (AvgIpc) is 2.44. The van der Waals surface area contributed by atoms with Crippen molar-refractivity contribution in [2.24, 2.45) is 0 Å². The van der Waals surface area contributed by atoms with Crippen LogP contribution < -0.4 is 9.47 Å². The topological polar surface area (TPSA) is 35.5 Å². The molecule has 0 saturated carbocycles. The van der Waals surface area contributed by atoms with Gasteiger partial charge in [0, 0.05) is 0 Å². The molecule has 0 radical (unpaired) electrons. The first-order valence-electron chi connectivity index (χ1n) is 4.17. The number of para-hydroxylation sites is 2. The van der Waals surface area contributed by atoms with Crippen LogP contribution in [0.4, 0.5) is 0 Å². The van der Waals surface area contributed by atoms with Crippen LogP contribution in [0, 0.1) is 0 Å². The van der Waals surface area contributed by atoms with Crippen LogP contribution in [-0.4, -0.2) is 12.1 Å². The summed E-state index contributed by atoms with van der Waals surface area (Å²) >= 11 is 0. The van der Waals surface area contributed by atoms with Crippen LogP contribution in [0.15, 0.2) is 24.3 Å². The van der Waals surface area contributed by atoms with Gasteiger partial charge in [0.25, 0.3) is 0 Å². The van der Waals surface area contributed by atoms with Crippen molar-refractivity contribution in [2.45, 2.75) is 19.6 Å². The molecule has 0 fully saturated rings. The minimum atomic E-state index is -0.435. The van der Waals surface area contributed by atoms with Crippen molar-refractivity contribution < 1.29 is 14.3 Å². The van der Waals surface area contributed by atoms with Gasteiger partial charge in [-0.25, -0.2) is 0 Å². The standard InChI is InChI=1S/C10H10O3/c1-7(11)6-10-12-8-4-2-3-5-9(8)13-10/h2-5,10H,6H2,1H3. The van der Waals surface area contributed by atoms with Gasteiger partial charge < -0.3 is 9.47 Å². The van der Waals surface area contributed by atoms with Crippen molar-refractivity contribution in [3.63, 3.8) is 0 Å². The second-order valence-electron chi connectivity index (χ2n) is 3.02. The van der Waals surface area contributed by atoms with E-state index in [0.717, 1.165) is 0 Å². The van der Waals surface area contributed by atoms with E-state index in [9.17, 15) is 4.79 Å². The molecule has 0 amide bonds. The zero-order valence-corrected chi connectivity index (χ0v) is 7.32. The molecule has 2 rings (SSSR count). The molecule has 13 heavy (non-hydrogen) atoms. The van der Waals surface area contributed by atoms with Crippen molar-refractivity contribution in [2.75, 3.05) is 0 Å². The molecule has 0 aliphatic carbocycles. The fourth-order valence-corrected chi connectivity index (χ4v) is 1.27. The Morgan fingerprint density at radius 1 is 1.31 bits per heavy atom. The smallest absolute Gasteiger partial charge is 0.248 e. The molecule has 1 aromatic carbocycles. The number of hydrogen-bond acceptors (Lipinski definition) is 3. The van der Waals surface area contributed by atoms with E-state index < -0.39 is 6.29 Å². The first-order chi connectivity index (χ1) is 6.25. The first-order valence-corrected chi connectivity index (χ1v) is 4.17. The molecule has 3 heteroatoms. The second-order valence-corrected chi connectivity index (χ2v) is 3.02. The Balaban J connectivity index is 2.09. The molecule has 0 aromatic heterocycles. The maximum atomic E-state index is 10.8. The van der Waals surface area contributed by atoms with Gasteiger partial charge in [-0.05, 0) is 19.1 Å². The maximum absolute atomic E-state index is 10.8. The molecule has 1 heterocycles. The number of hydrogen-bond donors (Lipinski definition) is 0. The number of carbonyl (C=O) groups is 1. The average molecular weight is 178 g/mol. The number of benzene rings is 1. The molecule has 0 saturated heterocycles. The van der Waals surface area contributed by atoms with Crippen molar-refractivity contribution in [1.82, 2.24) is 0 Å². The molecule has 0 N–H and O–H groups in total. The SMILES string of the molecule is CC(=O)CC1Oc2ccccc2O1. The Morgan fingerprint density at radius 2 is 1.85 bits per heavy atom. The lowest BCUT2D eigenvalue weighted by atomic mass is 10.3. The summed E-state index contributed by atoms with van der Waals surface area (Å²) in [5.41, 5.74) is 0. The number of Topliss-reactive ketones (excluding diaryl/α,β-unsaturated/α-hetero) is 1. The Kier molecular flexibility index (Phi) is 1.93. The maximum Gasteiger partial charge on any atom is 0.248 e. The van der Waals surface area contributed by atoms with Crippen molar-refractivity contribution in [1.29, 1.82) is 0 Å². The van der Waals surface area contributed by atoms with Crippen LogP contribution in [0.3, 0.4) is 0 Å².